The largest absolute Gasteiger partial charge is 0.128 e. The van der Waals surface area contributed by atoms with E-state index in [9.17, 15) is 0 Å². The second kappa shape index (κ2) is 3.80. The third-order valence-electron chi connectivity index (χ3n) is 2.70. The van der Waals surface area contributed by atoms with E-state index in [0.29, 0.717) is 5.88 Å². The minimum Gasteiger partial charge on any atom is -0.128 e. The molecule has 1 unspecified atom stereocenters. The predicted octanol–water partition coefficient (Wildman–Crippen LogP) is 4.27. The highest BCUT2D eigenvalue weighted by Gasteiger charge is 2.22. The monoisotopic (exact) mass is 234 g/mol. The quantitative estimate of drug-likeness (QED) is 0.638. The molecule has 0 bridgehead atoms. The summed E-state index contributed by atoms with van der Waals surface area (Å²) in [6.07, 6.45) is 3.66. The molecule has 0 aromatic carbocycles. The van der Waals surface area contributed by atoms with E-state index in [1.807, 2.05) is 0 Å². The van der Waals surface area contributed by atoms with Crippen LogP contribution in [-0.2, 0) is 18.7 Å². The van der Waals surface area contributed by atoms with E-state index in [1.54, 1.807) is 11.3 Å². The van der Waals surface area contributed by atoms with Crippen molar-refractivity contribution in [3.8, 4) is 0 Å². The molecule has 1 atom stereocenters. The van der Waals surface area contributed by atoms with Crippen LogP contribution in [0, 0.1) is 5.92 Å². The van der Waals surface area contributed by atoms with Gasteiger partial charge in [0.2, 0.25) is 0 Å². The zero-order valence-corrected chi connectivity index (χ0v) is 9.90. The summed E-state index contributed by atoms with van der Waals surface area (Å²) in [6, 6.07) is 0. The molecular weight excluding hydrogens is 223 g/mol. The van der Waals surface area contributed by atoms with E-state index in [0.717, 1.165) is 10.3 Å². The molecule has 1 aromatic rings. The number of hydrogen-bond acceptors (Lipinski definition) is 1. The van der Waals surface area contributed by atoms with Crippen LogP contribution in [0.25, 0.3) is 0 Å². The van der Waals surface area contributed by atoms with Crippen molar-refractivity contribution < 1.29 is 0 Å². The van der Waals surface area contributed by atoms with Gasteiger partial charge in [-0.3, -0.25) is 0 Å². The number of thiophene rings is 1. The van der Waals surface area contributed by atoms with Gasteiger partial charge in [0.25, 0.3) is 0 Å². The van der Waals surface area contributed by atoms with Gasteiger partial charge in [-0.25, -0.2) is 0 Å². The minimum atomic E-state index is 0.567. The van der Waals surface area contributed by atoms with Crippen LogP contribution in [0.2, 0.25) is 4.34 Å². The van der Waals surface area contributed by atoms with Crippen LogP contribution >= 0.6 is 34.5 Å². The van der Waals surface area contributed by atoms with Gasteiger partial charge in [-0.1, -0.05) is 18.5 Å². The molecule has 0 nitrogen and oxygen atoms in total. The summed E-state index contributed by atoms with van der Waals surface area (Å²) >= 11 is 13.7. The Labute approximate surface area is 92.9 Å². The van der Waals surface area contributed by atoms with Gasteiger partial charge in [0.1, 0.15) is 0 Å². The van der Waals surface area contributed by atoms with Gasteiger partial charge in [0.05, 0.1) is 4.34 Å². The summed E-state index contributed by atoms with van der Waals surface area (Å²) in [4.78, 5) is 1.47. The van der Waals surface area contributed by atoms with Crippen LogP contribution in [0.4, 0.5) is 0 Å². The molecule has 0 amide bonds. The number of aryl methyl sites for hydroxylation is 1. The average Bonchev–Trinajstić information content (AvgIpc) is 2.40. The highest BCUT2D eigenvalue weighted by molar-refractivity contribution is 7.16. The van der Waals surface area contributed by atoms with Crippen LogP contribution < -0.4 is 0 Å². The van der Waals surface area contributed by atoms with Crippen molar-refractivity contribution in [3.63, 3.8) is 0 Å². The third kappa shape index (κ3) is 1.74. The van der Waals surface area contributed by atoms with Gasteiger partial charge in [-0.15, -0.1) is 22.9 Å². The van der Waals surface area contributed by atoms with Crippen LogP contribution in [0.1, 0.15) is 29.3 Å². The SMILES string of the molecule is CC1CCc2sc(Cl)c(CCl)c2C1. The van der Waals surface area contributed by atoms with Gasteiger partial charge in [0, 0.05) is 10.8 Å². The second-order valence-corrected chi connectivity index (χ2v) is 5.71. The first kappa shape index (κ1) is 9.82. The summed E-state index contributed by atoms with van der Waals surface area (Å²) in [5.74, 6) is 1.36. The molecule has 72 valence electrons. The zero-order chi connectivity index (χ0) is 9.42. The standard InChI is InChI=1S/C10H12Cl2S/c1-6-2-3-9-7(4-6)8(5-11)10(12)13-9/h6H,2-5H2,1H3. The molecule has 1 aliphatic carbocycles. The lowest BCUT2D eigenvalue weighted by molar-refractivity contribution is 0.505. The van der Waals surface area contributed by atoms with E-state index < -0.39 is 0 Å². The smallest absolute Gasteiger partial charge is 0.0978 e. The number of fused-ring (bicyclic) bond motifs is 1. The molecule has 1 aromatic heterocycles. The van der Waals surface area contributed by atoms with Gasteiger partial charge >= 0.3 is 0 Å². The second-order valence-electron chi connectivity index (χ2n) is 3.74. The number of hydrogen-bond donors (Lipinski definition) is 0. The van der Waals surface area contributed by atoms with Gasteiger partial charge in [-0.2, -0.15) is 0 Å². The Morgan fingerprint density at radius 1 is 1.54 bits per heavy atom. The molecule has 0 saturated carbocycles. The van der Waals surface area contributed by atoms with Crippen molar-refractivity contribution in [2.45, 2.75) is 32.1 Å². The maximum absolute atomic E-state index is 6.12. The number of halogens is 2. The maximum atomic E-state index is 6.12. The molecule has 13 heavy (non-hydrogen) atoms. The van der Waals surface area contributed by atoms with Crippen molar-refractivity contribution in [3.05, 3.63) is 20.3 Å². The van der Waals surface area contributed by atoms with Crippen molar-refractivity contribution >= 4 is 34.5 Å². The molecule has 0 saturated heterocycles. The van der Waals surface area contributed by atoms with E-state index in [1.165, 1.54) is 35.3 Å². The first-order valence-corrected chi connectivity index (χ1v) is 6.30. The van der Waals surface area contributed by atoms with Crippen molar-refractivity contribution in [1.82, 2.24) is 0 Å². The average molecular weight is 235 g/mol. The Kier molecular flexibility index (Phi) is 2.87. The van der Waals surface area contributed by atoms with E-state index in [2.05, 4.69) is 6.92 Å². The van der Waals surface area contributed by atoms with Crippen LogP contribution in [0.5, 0.6) is 0 Å². The fourth-order valence-corrected chi connectivity index (χ4v) is 3.91. The van der Waals surface area contributed by atoms with Crippen molar-refractivity contribution in [2.75, 3.05) is 0 Å². The highest BCUT2D eigenvalue weighted by atomic mass is 35.5. The molecule has 2 rings (SSSR count). The fourth-order valence-electron chi connectivity index (χ4n) is 1.92. The van der Waals surface area contributed by atoms with Crippen LogP contribution in [-0.4, -0.2) is 0 Å². The molecule has 0 spiro atoms. The highest BCUT2D eigenvalue weighted by Crippen LogP contribution is 2.39. The van der Waals surface area contributed by atoms with E-state index in [-0.39, 0.29) is 0 Å². The Hall–Kier alpha value is 0.280. The molecule has 0 radical (unpaired) electrons. The molecule has 3 heteroatoms. The molecule has 1 heterocycles. The van der Waals surface area contributed by atoms with Crippen LogP contribution in [0.3, 0.4) is 0 Å². The Morgan fingerprint density at radius 2 is 2.31 bits per heavy atom. The van der Waals surface area contributed by atoms with Gasteiger partial charge < -0.3 is 0 Å². The van der Waals surface area contributed by atoms with E-state index >= 15 is 0 Å². The summed E-state index contributed by atoms with van der Waals surface area (Å²) in [6.45, 7) is 2.30. The van der Waals surface area contributed by atoms with Crippen LogP contribution in [0.15, 0.2) is 0 Å². The van der Waals surface area contributed by atoms with Crippen molar-refractivity contribution in [1.29, 1.82) is 0 Å². The summed E-state index contributed by atoms with van der Waals surface area (Å²) in [5, 5.41) is 0. The summed E-state index contributed by atoms with van der Waals surface area (Å²) in [7, 11) is 0. The lowest BCUT2D eigenvalue weighted by atomic mass is 9.88. The van der Waals surface area contributed by atoms with Gasteiger partial charge in [0.15, 0.2) is 0 Å². The number of rotatable bonds is 1. The Bertz CT molecular complexity index is 317. The summed E-state index contributed by atoms with van der Waals surface area (Å²) in [5.41, 5.74) is 2.64. The predicted molar refractivity (Wildman–Crippen MR) is 60.1 cm³/mol. The normalized spacial score (nSPS) is 21.6. The first-order chi connectivity index (χ1) is 6.22. The fraction of sp³-hybridized carbons (Fsp3) is 0.600. The minimum absolute atomic E-state index is 0.567. The molecular formula is C10H12Cl2S. The Morgan fingerprint density at radius 3 is 3.00 bits per heavy atom. The van der Waals surface area contributed by atoms with E-state index in [4.69, 9.17) is 23.2 Å². The zero-order valence-electron chi connectivity index (χ0n) is 7.57. The first-order valence-electron chi connectivity index (χ1n) is 4.57. The number of alkyl halides is 1. The van der Waals surface area contributed by atoms with Crippen molar-refractivity contribution in [2.24, 2.45) is 5.92 Å². The lowest BCUT2D eigenvalue weighted by Crippen LogP contribution is -2.09. The third-order valence-corrected chi connectivity index (χ3v) is 4.55. The molecule has 0 N–H and O–H groups in total. The van der Waals surface area contributed by atoms with Gasteiger partial charge in [-0.05, 0) is 36.3 Å². The summed E-state index contributed by atoms with van der Waals surface area (Å²) < 4.78 is 0.911. The lowest BCUT2D eigenvalue weighted by Gasteiger charge is -2.18. The molecule has 1 aliphatic rings. The molecule has 0 aliphatic heterocycles. The maximum Gasteiger partial charge on any atom is 0.0978 e. The molecule has 0 fully saturated rings. The topological polar surface area (TPSA) is 0 Å². The Balaban J connectivity index is 2.42.